The molecule has 20 heavy (non-hydrogen) atoms. The largest absolute Gasteiger partial charge is 0.383 e. The standard InChI is InChI=1S/C14H25N5O/c1-6-7-19(8-11(20)18(4)5)14-12(10(2)3)13(15)16-9-17-14/h9-10H,6-8H2,1-5H3,(H2,15,16,17). The average Bonchev–Trinajstić information content (AvgIpc) is 2.37. The fourth-order valence-electron chi connectivity index (χ4n) is 2.04. The van der Waals surface area contributed by atoms with Gasteiger partial charge in [0.05, 0.1) is 6.54 Å². The van der Waals surface area contributed by atoms with E-state index in [0.29, 0.717) is 12.4 Å². The van der Waals surface area contributed by atoms with Crippen molar-refractivity contribution in [2.45, 2.75) is 33.1 Å². The predicted octanol–water partition coefficient (Wildman–Crippen LogP) is 1.49. The summed E-state index contributed by atoms with van der Waals surface area (Å²) in [5, 5.41) is 0. The highest BCUT2D eigenvalue weighted by Gasteiger charge is 2.20. The molecule has 6 nitrogen and oxygen atoms in total. The molecule has 1 rings (SSSR count). The Kier molecular flexibility index (Phi) is 5.73. The lowest BCUT2D eigenvalue weighted by molar-refractivity contribution is -0.127. The van der Waals surface area contributed by atoms with Crippen molar-refractivity contribution < 1.29 is 4.79 Å². The number of carbonyl (C=O) groups is 1. The van der Waals surface area contributed by atoms with Crippen LogP contribution < -0.4 is 10.6 Å². The van der Waals surface area contributed by atoms with Crippen LogP contribution in [0.3, 0.4) is 0 Å². The summed E-state index contributed by atoms with van der Waals surface area (Å²) in [5.41, 5.74) is 6.88. The number of hydrogen-bond donors (Lipinski definition) is 1. The third-order valence-electron chi connectivity index (χ3n) is 3.09. The lowest BCUT2D eigenvalue weighted by atomic mass is 10.0. The monoisotopic (exact) mass is 279 g/mol. The van der Waals surface area contributed by atoms with Crippen LogP contribution >= 0.6 is 0 Å². The van der Waals surface area contributed by atoms with Crippen LogP contribution in [-0.2, 0) is 4.79 Å². The van der Waals surface area contributed by atoms with E-state index in [-0.39, 0.29) is 11.8 Å². The van der Waals surface area contributed by atoms with E-state index in [1.165, 1.54) is 6.33 Å². The number of anilines is 2. The molecule has 1 heterocycles. The van der Waals surface area contributed by atoms with Crippen molar-refractivity contribution in [3.8, 4) is 0 Å². The van der Waals surface area contributed by atoms with Gasteiger partial charge in [-0.3, -0.25) is 4.79 Å². The maximum Gasteiger partial charge on any atom is 0.241 e. The topological polar surface area (TPSA) is 75.4 Å². The third-order valence-corrected chi connectivity index (χ3v) is 3.09. The van der Waals surface area contributed by atoms with Crippen molar-refractivity contribution in [3.05, 3.63) is 11.9 Å². The van der Waals surface area contributed by atoms with E-state index in [2.05, 4.69) is 30.7 Å². The van der Waals surface area contributed by atoms with Gasteiger partial charge in [0.15, 0.2) is 0 Å². The average molecular weight is 279 g/mol. The van der Waals surface area contributed by atoms with Crippen LogP contribution in [0.5, 0.6) is 0 Å². The molecule has 0 aromatic carbocycles. The second-order valence-electron chi connectivity index (χ2n) is 5.36. The second kappa shape index (κ2) is 7.07. The minimum atomic E-state index is 0.0466. The number of nitrogen functional groups attached to an aromatic ring is 1. The van der Waals surface area contributed by atoms with Gasteiger partial charge in [-0.15, -0.1) is 0 Å². The van der Waals surface area contributed by atoms with E-state index < -0.39 is 0 Å². The first-order valence-electron chi connectivity index (χ1n) is 6.93. The number of nitrogens with zero attached hydrogens (tertiary/aromatic N) is 4. The number of aromatic nitrogens is 2. The molecule has 0 fully saturated rings. The molecule has 0 saturated carbocycles. The summed E-state index contributed by atoms with van der Waals surface area (Å²) < 4.78 is 0. The summed E-state index contributed by atoms with van der Waals surface area (Å²) in [6.07, 6.45) is 2.39. The van der Waals surface area contributed by atoms with Crippen LogP contribution in [0.1, 0.15) is 38.7 Å². The highest BCUT2D eigenvalue weighted by atomic mass is 16.2. The molecule has 0 spiro atoms. The van der Waals surface area contributed by atoms with E-state index in [1.54, 1.807) is 19.0 Å². The Morgan fingerprint density at radius 3 is 2.50 bits per heavy atom. The van der Waals surface area contributed by atoms with E-state index in [1.807, 2.05) is 4.90 Å². The van der Waals surface area contributed by atoms with E-state index in [9.17, 15) is 4.79 Å². The highest BCUT2D eigenvalue weighted by Crippen LogP contribution is 2.29. The molecule has 0 bridgehead atoms. The number of carbonyl (C=O) groups excluding carboxylic acids is 1. The summed E-state index contributed by atoms with van der Waals surface area (Å²) >= 11 is 0. The molecule has 0 aliphatic heterocycles. The summed E-state index contributed by atoms with van der Waals surface area (Å²) in [4.78, 5) is 24.0. The molecule has 112 valence electrons. The van der Waals surface area contributed by atoms with Gasteiger partial charge in [0.25, 0.3) is 0 Å². The SMILES string of the molecule is CCCN(CC(=O)N(C)C)c1ncnc(N)c1C(C)C. The van der Waals surface area contributed by atoms with Gasteiger partial charge in [0.1, 0.15) is 18.0 Å². The van der Waals surface area contributed by atoms with Gasteiger partial charge in [-0.05, 0) is 12.3 Å². The fraction of sp³-hybridized carbons (Fsp3) is 0.643. The van der Waals surface area contributed by atoms with Crippen LogP contribution in [0.2, 0.25) is 0 Å². The Morgan fingerprint density at radius 2 is 2.00 bits per heavy atom. The first-order chi connectivity index (χ1) is 9.38. The third kappa shape index (κ3) is 3.82. The van der Waals surface area contributed by atoms with E-state index in [0.717, 1.165) is 24.3 Å². The van der Waals surface area contributed by atoms with Crippen molar-refractivity contribution >= 4 is 17.5 Å². The van der Waals surface area contributed by atoms with Crippen molar-refractivity contribution in [1.29, 1.82) is 0 Å². The molecular formula is C14H25N5O. The van der Waals surface area contributed by atoms with Crippen LogP contribution in [0.4, 0.5) is 11.6 Å². The van der Waals surface area contributed by atoms with Crippen molar-refractivity contribution in [3.63, 3.8) is 0 Å². The van der Waals surface area contributed by atoms with Crippen molar-refractivity contribution in [2.24, 2.45) is 0 Å². The Labute approximate surface area is 121 Å². The Morgan fingerprint density at radius 1 is 1.35 bits per heavy atom. The summed E-state index contributed by atoms with van der Waals surface area (Å²) in [7, 11) is 3.51. The van der Waals surface area contributed by atoms with E-state index >= 15 is 0 Å². The molecule has 0 aliphatic carbocycles. The number of likely N-dealkylation sites (N-methyl/N-ethyl adjacent to an activating group) is 1. The molecule has 6 heteroatoms. The zero-order valence-electron chi connectivity index (χ0n) is 13.1. The predicted molar refractivity (Wildman–Crippen MR) is 81.7 cm³/mol. The van der Waals surface area contributed by atoms with Gasteiger partial charge >= 0.3 is 0 Å². The molecule has 0 saturated heterocycles. The first kappa shape index (κ1) is 16.2. The van der Waals surface area contributed by atoms with Crippen LogP contribution in [0, 0.1) is 0 Å². The number of hydrogen-bond acceptors (Lipinski definition) is 5. The zero-order chi connectivity index (χ0) is 15.3. The Bertz CT molecular complexity index is 459. The van der Waals surface area contributed by atoms with Gasteiger partial charge < -0.3 is 15.5 Å². The molecule has 0 unspecified atom stereocenters. The van der Waals surface area contributed by atoms with Crippen LogP contribution in [-0.4, -0.2) is 48.0 Å². The van der Waals surface area contributed by atoms with E-state index in [4.69, 9.17) is 5.73 Å². The van der Waals surface area contributed by atoms with Gasteiger partial charge in [0, 0.05) is 26.2 Å². The molecule has 0 aliphatic rings. The molecule has 0 radical (unpaired) electrons. The van der Waals surface area contributed by atoms with Crippen LogP contribution in [0.15, 0.2) is 6.33 Å². The number of nitrogens with two attached hydrogens (primary N) is 1. The lowest BCUT2D eigenvalue weighted by Crippen LogP contribution is -2.38. The normalized spacial score (nSPS) is 10.7. The quantitative estimate of drug-likeness (QED) is 0.853. The van der Waals surface area contributed by atoms with Gasteiger partial charge in [0.2, 0.25) is 5.91 Å². The Balaban J connectivity index is 3.14. The zero-order valence-corrected chi connectivity index (χ0v) is 13.1. The summed E-state index contributed by atoms with van der Waals surface area (Å²) in [6.45, 7) is 7.24. The second-order valence-corrected chi connectivity index (χ2v) is 5.36. The summed E-state index contributed by atoms with van der Waals surface area (Å²) in [6, 6.07) is 0. The molecule has 0 atom stereocenters. The molecule has 1 aromatic rings. The molecular weight excluding hydrogens is 254 g/mol. The van der Waals surface area contributed by atoms with Crippen molar-refractivity contribution in [1.82, 2.24) is 14.9 Å². The maximum absolute atomic E-state index is 12.0. The summed E-state index contributed by atoms with van der Waals surface area (Å²) in [5.74, 6) is 1.51. The minimum absolute atomic E-state index is 0.0466. The van der Waals surface area contributed by atoms with Gasteiger partial charge in [-0.2, -0.15) is 0 Å². The first-order valence-corrected chi connectivity index (χ1v) is 6.93. The molecule has 2 N–H and O–H groups in total. The number of amides is 1. The number of rotatable bonds is 6. The highest BCUT2D eigenvalue weighted by molar-refractivity contribution is 5.81. The molecule has 1 aromatic heterocycles. The van der Waals surface area contributed by atoms with Crippen molar-refractivity contribution in [2.75, 3.05) is 37.8 Å². The Hall–Kier alpha value is -1.85. The smallest absolute Gasteiger partial charge is 0.241 e. The maximum atomic E-state index is 12.0. The minimum Gasteiger partial charge on any atom is -0.383 e. The fourth-order valence-corrected chi connectivity index (χ4v) is 2.04. The van der Waals surface area contributed by atoms with Crippen LogP contribution in [0.25, 0.3) is 0 Å². The molecule has 1 amide bonds. The van der Waals surface area contributed by atoms with Gasteiger partial charge in [-0.25, -0.2) is 9.97 Å². The van der Waals surface area contributed by atoms with Gasteiger partial charge in [-0.1, -0.05) is 20.8 Å². The lowest BCUT2D eigenvalue weighted by Gasteiger charge is -2.27.